The standard InChI is InChI=1S/C24H42O4/c1-6-7-8-9-10-14-18-23(19-15-20-25-2,24(26-3,27-4)28-5)21-22-16-12-11-13-17-22/h11-13,16-17H,6-10,14-15,18-21H2,1-5H3. The average Bonchev–Trinajstić information content (AvgIpc) is 2.73. The summed E-state index contributed by atoms with van der Waals surface area (Å²) in [5.41, 5.74) is 0.997. The van der Waals surface area contributed by atoms with E-state index in [-0.39, 0.29) is 5.41 Å². The number of ether oxygens (including phenoxy) is 4. The molecule has 0 bridgehead atoms. The van der Waals surface area contributed by atoms with Crippen LogP contribution in [0.3, 0.4) is 0 Å². The fourth-order valence-electron chi connectivity index (χ4n) is 4.40. The van der Waals surface area contributed by atoms with E-state index in [1.54, 1.807) is 28.4 Å². The first-order valence-corrected chi connectivity index (χ1v) is 10.8. The first-order valence-electron chi connectivity index (χ1n) is 10.8. The largest absolute Gasteiger partial charge is 0.385 e. The molecule has 28 heavy (non-hydrogen) atoms. The number of hydrogen-bond acceptors (Lipinski definition) is 4. The highest BCUT2D eigenvalue weighted by Crippen LogP contribution is 2.47. The van der Waals surface area contributed by atoms with Crippen molar-refractivity contribution in [2.24, 2.45) is 5.41 Å². The number of rotatable bonds is 17. The smallest absolute Gasteiger partial charge is 0.288 e. The Labute approximate surface area is 172 Å². The predicted octanol–water partition coefficient (Wildman–Crippen LogP) is 5.99. The van der Waals surface area contributed by atoms with Crippen molar-refractivity contribution >= 4 is 0 Å². The Bertz CT molecular complexity index is 478. The zero-order valence-electron chi connectivity index (χ0n) is 18.8. The van der Waals surface area contributed by atoms with Crippen LogP contribution in [-0.2, 0) is 25.4 Å². The van der Waals surface area contributed by atoms with Gasteiger partial charge < -0.3 is 18.9 Å². The monoisotopic (exact) mass is 394 g/mol. The van der Waals surface area contributed by atoms with Gasteiger partial charge in [0.25, 0.3) is 5.97 Å². The van der Waals surface area contributed by atoms with Gasteiger partial charge in [-0.3, -0.25) is 0 Å². The second-order valence-electron chi connectivity index (χ2n) is 7.73. The average molecular weight is 395 g/mol. The SMILES string of the molecule is CCCCCCCCC(CCCOC)(Cc1ccccc1)C(OC)(OC)OC. The minimum atomic E-state index is -1.07. The third kappa shape index (κ3) is 7.14. The molecule has 0 aromatic heterocycles. The topological polar surface area (TPSA) is 36.9 Å². The molecule has 4 nitrogen and oxygen atoms in total. The van der Waals surface area contributed by atoms with Crippen LogP contribution < -0.4 is 0 Å². The molecule has 0 saturated heterocycles. The van der Waals surface area contributed by atoms with Gasteiger partial charge in [0.05, 0.1) is 5.41 Å². The summed E-state index contributed by atoms with van der Waals surface area (Å²) < 4.78 is 23.1. The molecule has 0 amide bonds. The van der Waals surface area contributed by atoms with E-state index in [9.17, 15) is 0 Å². The molecule has 0 aliphatic carbocycles. The Balaban J connectivity index is 3.08. The summed E-state index contributed by atoms with van der Waals surface area (Å²) in [5, 5.41) is 0. The highest BCUT2D eigenvalue weighted by molar-refractivity contribution is 5.17. The third-order valence-corrected chi connectivity index (χ3v) is 5.85. The highest BCUT2D eigenvalue weighted by atomic mass is 16.9. The van der Waals surface area contributed by atoms with Crippen LogP contribution in [0.5, 0.6) is 0 Å². The summed E-state index contributed by atoms with van der Waals surface area (Å²) in [6.07, 6.45) is 11.3. The van der Waals surface area contributed by atoms with Gasteiger partial charge in [-0.1, -0.05) is 75.8 Å². The third-order valence-electron chi connectivity index (χ3n) is 5.85. The summed E-state index contributed by atoms with van der Waals surface area (Å²) in [4.78, 5) is 0. The molecular formula is C24H42O4. The lowest BCUT2D eigenvalue weighted by atomic mass is 9.71. The molecule has 0 heterocycles. The Morgan fingerprint density at radius 2 is 1.29 bits per heavy atom. The summed E-state index contributed by atoms with van der Waals surface area (Å²) in [6.45, 7) is 2.98. The van der Waals surface area contributed by atoms with Crippen LogP contribution in [0, 0.1) is 5.41 Å². The lowest BCUT2D eigenvalue weighted by Gasteiger charge is -2.47. The van der Waals surface area contributed by atoms with Gasteiger partial charge in [-0.25, -0.2) is 0 Å². The van der Waals surface area contributed by atoms with Crippen LogP contribution in [0.4, 0.5) is 0 Å². The maximum Gasteiger partial charge on any atom is 0.288 e. The second-order valence-corrected chi connectivity index (χ2v) is 7.73. The normalized spacial score (nSPS) is 14.2. The summed E-state index contributed by atoms with van der Waals surface area (Å²) in [7, 11) is 6.81. The van der Waals surface area contributed by atoms with Crippen molar-refractivity contribution < 1.29 is 18.9 Å². The van der Waals surface area contributed by atoms with Crippen molar-refractivity contribution in [3.05, 3.63) is 35.9 Å². The minimum Gasteiger partial charge on any atom is -0.385 e. The molecule has 162 valence electrons. The van der Waals surface area contributed by atoms with Crippen molar-refractivity contribution in [3.8, 4) is 0 Å². The Kier molecular flexibility index (Phi) is 12.6. The summed E-state index contributed by atoms with van der Waals surface area (Å²) in [6, 6.07) is 10.6. The molecule has 4 heteroatoms. The molecule has 0 aliphatic rings. The number of methoxy groups -OCH3 is 4. The molecule has 0 saturated carbocycles. The quantitative estimate of drug-likeness (QED) is 0.240. The zero-order chi connectivity index (χ0) is 20.7. The van der Waals surface area contributed by atoms with Gasteiger partial charge in [-0.05, 0) is 31.2 Å². The Morgan fingerprint density at radius 1 is 0.714 bits per heavy atom. The van der Waals surface area contributed by atoms with E-state index in [2.05, 4.69) is 37.3 Å². The van der Waals surface area contributed by atoms with Gasteiger partial charge in [0, 0.05) is 35.0 Å². The fourth-order valence-corrected chi connectivity index (χ4v) is 4.40. The molecule has 1 aromatic carbocycles. The maximum absolute atomic E-state index is 5.92. The van der Waals surface area contributed by atoms with Crippen LogP contribution in [0.1, 0.15) is 70.3 Å². The van der Waals surface area contributed by atoms with Gasteiger partial charge in [0.15, 0.2) is 0 Å². The fraction of sp³-hybridized carbons (Fsp3) is 0.750. The molecule has 1 atom stereocenters. The second kappa shape index (κ2) is 14.1. The molecule has 0 aliphatic heterocycles. The molecular weight excluding hydrogens is 352 g/mol. The molecule has 0 fully saturated rings. The van der Waals surface area contributed by atoms with E-state index in [0.29, 0.717) is 0 Å². The minimum absolute atomic E-state index is 0.282. The van der Waals surface area contributed by atoms with Gasteiger partial charge in [0.1, 0.15) is 0 Å². The first-order chi connectivity index (χ1) is 13.6. The molecule has 1 rings (SSSR count). The van der Waals surface area contributed by atoms with Gasteiger partial charge in [-0.2, -0.15) is 0 Å². The van der Waals surface area contributed by atoms with Crippen LogP contribution in [0.25, 0.3) is 0 Å². The van der Waals surface area contributed by atoms with Crippen molar-refractivity contribution in [3.63, 3.8) is 0 Å². The Morgan fingerprint density at radius 3 is 1.86 bits per heavy atom. The van der Waals surface area contributed by atoms with Gasteiger partial charge in [-0.15, -0.1) is 0 Å². The first kappa shape index (κ1) is 25.1. The van der Waals surface area contributed by atoms with E-state index < -0.39 is 5.97 Å². The highest BCUT2D eigenvalue weighted by Gasteiger charge is 2.52. The Hall–Kier alpha value is -0.940. The van der Waals surface area contributed by atoms with E-state index in [0.717, 1.165) is 38.7 Å². The van der Waals surface area contributed by atoms with E-state index in [1.165, 1.54) is 37.7 Å². The lowest BCUT2D eigenvalue weighted by Crippen LogP contribution is -2.54. The summed E-state index contributed by atoms with van der Waals surface area (Å²) >= 11 is 0. The van der Waals surface area contributed by atoms with Crippen molar-refractivity contribution in [1.29, 1.82) is 0 Å². The summed E-state index contributed by atoms with van der Waals surface area (Å²) in [5.74, 6) is -1.07. The molecule has 1 unspecified atom stereocenters. The van der Waals surface area contributed by atoms with Crippen LogP contribution >= 0.6 is 0 Å². The zero-order valence-corrected chi connectivity index (χ0v) is 18.8. The van der Waals surface area contributed by atoms with Crippen LogP contribution in [-0.4, -0.2) is 41.0 Å². The van der Waals surface area contributed by atoms with E-state index in [4.69, 9.17) is 18.9 Å². The molecule has 0 N–H and O–H groups in total. The van der Waals surface area contributed by atoms with Crippen LogP contribution in [0.2, 0.25) is 0 Å². The predicted molar refractivity (Wildman–Crippen MR) is 115 cm³/mol. The van der Waals surface area contributed by atoms with E-state index in [1.807, 2.05) is 0 Å². The van der Waals surface area contributed by atoms with E-state index >= 15 is 0 Å². The molecule has 1 aromatic rings. The van der Waals surface area contributed by atoms with Gasteiger partial charge in [0.2, 0.25) is 0 Å². The van der Waals surface area contributed by atoms with Crippen molar-refractivity contribution in [2.75, 3.05) is 35.0 Å². The van der Waals surface area contributed by atoms with Crippen molar-refractivity contribution in [1.82, 2.24) is 0 Å². The number of benzene rings is 1. The lowest BCUT2D eigenvalue weighted by molar-refractivity contribution is -0.410. The number of unbranched alkanes of at least 4 members (excludes halogenated alkanes) is 5. The number of hydrogen-bond donors (Lipinski definition) is 0. The maximum atomic E-state index is 5.92. The molecule has 0 spiro atoms. The van der Waals surface area contributed by atoms with Gasteiger partial charge >= 0.3 is 0 Å². The van der Waals surface area contributed by atoms with Crippen molar-refractivity contribution in [2.45, 2.75) is 77.1 Å². The molecule has 0 radical (unpaired) electrons. The van der Waals surface area contributed by atoms with Crippen LogP contribution in [0.15, 0.2) is 30.3 Å².